The second kappa shape index (κ2) is 8.89. The Morgan fingerprint density at radius 1 is 0.969 bits per heavy atom. The van der Waals surface area contributed by atoms with Crippen molar-refractivity contribution in [3.63, 3.8) is 0 Å². The van der Waals surface area contributed by atoms with E-state index < -0.39 is 22.9 Å². The first-order valence-electron chi connectivity index (χ1n) is 10.0. The number of benzene rings is 3. The number of carboxylic acids is 1. The van der Waals surface area contributed by atoms with E-state index in [1.807, 2.05) is 48.5 Å². The number of carbonyl (C=O) groups excluding carboxylic acids is 1. The van der Waals surface area contributed by atoms with Gasteiger partial charge in [0.05, 0.1) is 4.92 Å². The number of hydrogen-bond acceptors (Lipinski definition) is 5. The van der Waals surface area contributed by atoms with Crippen LogP contribution in [-0.4, -0.2) is 35.2 Å². The quantitative estimate of drug-likeness (QED) is 0.424. The molecule has 0 aromatic heterocycles. The normalized spacial score (nSPS) is 13.0. The molecule has 0 fully saturated rings. The van der Waals surface area contributed by atoms with Crippen LogP contribution in [0.3, 0.4) is 0 Å². The highest BCUT2D eigenvalue weighted by atomic mass is 16.6. The highest BCUT2D eigenvalue weighted by Crippen LogP contribution is 2.44. The van der Waals surface area contributed by atoms with Gasteiger partial charge in [0.25, 0.3) is 5.69 Å². The van der Waals surface area contributed by atoms with Crippen LogP contribution in [0.25, 0.3) is 11.1 Å². The zero-order valence-corrected chi connectivity index (χ0v) is 16.9. The summed E-state index contributed by atoms with van der Waals surface area (Å²) in [6.45, 7) is -0.250. The Bertz CT molecular complexity index is 1150. The number of nitrogens with zero attached hydrogens (tertiary/aromatic N) is 1. The Morgan fingerprint density at radius 2 is 1.53 bits per heavy atom. The monoisotopic (exact) mass is 432 g/mol. The third-order valence-corrected chi connectivity index (χ3v) is 5.60. The smallest absolute Gasteiger partial charge is 0.407 e. The summed E-state index contributed by atoms with van der Waals surface area (Å²) < 4.78 is 5.41. The van der Waals surface area contributed by atoms with E-state index in [0.29, 0.717) is 0 Å². The molecule has 162 valence electrons. The molecule has 1 atom stereocenters. The topological polar surface area (TPSA) is 119 Å². The molecule has 0 heterocycles. The number of hydrogen-bond donors (Lipinski definition) is 2. The van der Waals surface area contributed by atoms with Crippen LogP contribution in [0.2, 0.25) is 0 Å². The fourth-order valence-corrected chi connectivity index (χ4v) is 4.11. The highest BCUT2D eigenvalue weighted by Gasteiger charge is 2.30. The number of amides is 1. The van der Waals surface area contributed by atoms with Crippen LogP contribution in [0.4, 0.5) is 10.5 Å². The van der Waals surface area contributed by atoms with Gasteiger partial charge in [0.15, 0.2) is 0 Å². The SMILES string of the molecule is O=C(NCC(C(=O)O)c1ccccc1[N+](=O)[O-])OCC1c2ccccc2-c2ccccc21. The lowest BCUT2D eigenvalue weighted by Crippen LogP contribution is -2.33. The molecular weight excluding hydrogens is 412 g/mol. The number of alkyl carbamates (subject to hydrolysis) is 1. The predicted octanol–water partition coefficient (Wildman–Crippen LogP) is 4.30. The summed E-state index contributed by atoms with van der Waals surface area (Å²) in [4.78, 5) is 34.7. The van der Waals surface area contributed by atoms with E-state index in [4.69, 9.17) is 4.74 Å². The molecule has 32 heavy (non-hydrogen) atoms. The molecule has 8 nitrogen and oxygen atoms in total. The zero-order valence-electron chi connectivity index (χ0n) is 16.9. The van der Waals surface area contributed by atoms with Crippen LogP contribution in [0, 0.1) is 10.1 Å². The predicted molar refractivity (Wildman–Crippen MR) is 117 cm³/mol. The van der Waals surface area contributed by atoms with Crippen LogP contribution in [0.1, 0.15) is 28.5 Å². The number of carboxylic acid groups (broad SMARTS) is 1. The van der Waals surface area contributed by atoms with Gasteiger partial charge in [0, 0.05) is 24.1 Å². The van der Waals surface area contributed by atoms with E-state index >= 15 is 0 Å². The van der Waals surface area contributed by atoms with Gasteiger partial charge in [-0.15, -0.1) is 0 Å². The fourth-order valence-electron chi connectivity index (χ4n) is 4.11. The molecule has 0 saturated heterocycles. The molecule has 4 rings (SSSR count). The van der Waals surface area contributed by atoms with Crippen molar-refractivity contribution in [1.82, 2.24) is 5.32 Å². The number of carbonyl (C=O) groups is 2. The Balaban J connectivity index is 1.44. The first-order chi connectivity index (χ1) is 15.5. The summed E-state index contributed by atoms with van der Waals surface area (Å²) in [5, 5.41) is 23.2. The minimum absolute atomic E-state index is 0.0175. The van der Waals surface area contributed by atoms with Gasteiger partial charge >= 0.3 is 12.1 Å². The van der Waals surface area contributed by atoms with Gasteiger partial charge < -0.3 is 15.2 Å². The van der Waals surface area contributed by atoms with Crippen molar-refractivity contribution < 1.29 is 24.4 Å². The molecule has 1 aliphatic carbocycles. The summed E-state index contributed by atoms with van der Waals surface area (Å²) in [5.41, 5.74) is 4.02. The highest BCUT2D eigenvalue weighted by molar-refractivity contribution is 5.80. The number of para-hydroxylation sites is 1. The van der Waals surface area contributed by atoms with Crippen molar-refractivity contribution in [1.29, 1.82) is 0 Å². The first-order valence-corrected chi connectivity index (χ1v) is 10.0. The van der Waals surface area contributed by atoms with Crippen LogP contribution in [-0.2, 0) is 9.53 Å². The number of nitro groups is 1. The van der Waals surface area contributed by atoms with Gasteiger partial charge in [-0.25, -0.2) is 4.79 Å². The summed E-state index contributed by atoms with van der Waals surface area (Å²) >= 11 is 0. The van der Waals surface area contributed by atoms with Crippen LogP contribution >= 0.6 is 0 Å². The number of ether oxygens (including phenoxy) is 1. The largest absolute Gasteiger partial charge is 0.481 e. The van der Waals surface area contributed by atoms with E-state index in [0.717, 1.165) is 22.3 Å². The lowest BCUT2D eigenvalue weighted by molar-refractivity contribution is -0.385. The second-order valence-electron chi connectivity index (χ2n) is 7.41. The first kappa shape index (κ1) is 21.0. The van der Waals surface area contributed by atoms with Crippen LogP contribution in [0.5, 0.6) is 0 Å². The summed E-state index contributed by atoms with van der Waals surface area (Å²) in [7, 11) is 0. The molecule has 0 saturated carbocycles. The fraction of sp³-hybridized carbons (Fsp3) is 0.167. The van der Waals surface area contributed by atoms with E-state index in [1.165, 1.54) is 24.3 Å². The average molecular weight is 432 g/mol. The lowest BCUT2D eigenvalue weighted by atomic mass is 9.97. The van der Waals surface area contributed by atoms with Crippen molar-refractivity contribution in [2.45, 2.75) is 11.8 Å². The van der Waals surface area contributed by atoms with Gasteiger partial charge in [0.1, 0.15) is 12.5 Å². The number of rotatable bonds is 7. The summed E-state index contributed by atoms with van der Waals surface area (Å²) in [6, 6.07) is 21.4. The second-order valence-corrected chi connectivity index (χ2v) is 7.41. The number of fused-ring (bicyclic) bond motifs is 3. The van der Waals surface area contributed by atoms with Gasteiger partial charge in [-0.2, -0.15) is 0 Å². The summed E-state index contributed by atoms with van der Waals surface area (Å²) in [6.07, 6.45) is -0.781. The van der Waals surface area contributed by atoms with Gasteiger partial charge in [-0.1, -0.05) is 66.7 Å². The molecule has 1 aliphatic rings. The number of nitro benzene ring substituents is 1. The van der Waals surface area contributed by atoms with E-state index in [2.05, 4.69) is 5.32 Å². The Morgan fingerprint density at radius 3 is 2.12 bits per heavy atom. The van der Waals surface area contributed by atoms with Crippen molar-refractivity contribution in [3.05, 3.63) is 99.6 Å². The van der Waals surface area contributed by atoms with Crippen molar-refractivity contribution in [2.75, 3.05) is 13.2 Å². The van der Waals surface area contributed by atoms with Gasteiger partial charge in [0.2, 0.25) is 0 Å². The molecule has 3 aromatic carbocycles. The molecule has 8 heteroatoms. The third kappa shape index (κ3) is 4.02. The van der Waals surface area contributed by atoms with Gasteiger partial charge in [-0.3, -0.25) is 14.9 Å². The molecule has 0 bridgehead atoms. The minimum Gasteiger partial charge on any atom is -0.481 e. The number of nitrogens with one attached hydrogen (secondary N) is 1. The van der Waals surface area contributed by atoms with Crippen LogP contribution in [0.15, 0.2) is 72.8 Å². The maximum Gasteiger partial charge on any atom is 0.407 e. The molecular formula is C24H20N2O6. The molecule has 1 amide bonds. The molecule has 3 aromatic rings. The summed E-state index contributed by atoms with van der Waals surface area (Å²) in [5.74, 6) is -2.69. The molecule has 0 aliphatic heterocycles. The molecule has 0 spiro atoms. The van der Waals surface area contributed by atoms with E-state index in [9.17, 15) is 24.8 Å². The molecule has 0 radical (unpaired) electrons. The Hall–Kier alpha value is -4.20. The maximum atomic E-state index is 12.3. The van der Waals surface area contributed by atoms with E-state index in [-0.39, 0.29) is 30.3 Å². The standard InChI is InChI=1S/C24H20N2O6/c27-23(28)20(19-11-5-6-12-22(19)26(30)31)13-25-24(29)32-14-21-17-9-3-1-7-15(17)16-8-2-4-10-18(16)21/h1-12,20-21H,13-14H2,(H,25,29)(H,27,28). The van der Waals surface area contributed by atoms with Crippen LogP contribution < -0.4 is 5.32 Å². The third-order valence-electron chi connectivity index (χ3n) is 5.60. The minimum atomic E-state index is -1.28. The van der Waals surface area contributed by atoms with Crippen molar-refractivity contribution in [3.8, 4) is 11.1 Å². The lowest BCUT2D eigenvalue weighted by Gasteiger charge is -2.16. The van der Waals surface area contributed by atoms with E-state index in [1.54, 1.807) is 0 Å². The molecule has 1 unspecified atom stereocenters. The maximum absolute atomic E-state index is 12.3. The number of aliphatic carboxylic acids is 1. The van der Waals surface area contributed by atoms with Crippen molar-refractivity contribution >= 4 is 17.7 Å². The van der Waals surface area contributed by atoms with Crippen molar-refractivity contribution in [2.24, 2.45) is 0 Å². The zero-order chi connectivity index (χ0) is 22.7. The Kier molecular flexibility index (Phi) is 5.85. The Labute approximate surface area is 183 Å². The average Bonchev–Trinajstić information content (AvgIpc) is 3.11. The molecule has 2 N–H and O–H groups in total. The van der Waals surface area contributed by atoms with Gasteiger partial charge in [-0.05, 0) is 22.3 Å².